The average molecular weight is 172 g/mol. The van der Waals surface area contributed by atoms with Gasteiger partial charge in [0, 0.05) is 0 Å². The van der Waals surface area contributed by atoms with E-state index in [-0.39, 0.29) is 12.4 Å². The Bertz CT molecular complexity index is 152. The summed E-state index contributed by atoms with van der Waals surface area (Å²) in [6, 6.07) is 1.47. The van der Waals surface area contributed by atoms with Crippen LogP contribution in [-0.4, -0.2) is 26.2 Å². The van der Waals surface area contributed by atoms with Crippen LogP contribution in [0.4, 0.5) is 0 Å². The van der Waals surface area contributed by atoms with Crippen molar-refractivity contribution in [3.8, 4) is 6.07 Å². The number of nitrogens with zero attached hydrogens (tertiary/aromatic N) is 1. The highest BCUT2D eigenvalue weighted by atomic mass is 16.5. The van der Waals surface area contributed by atoms with Crippen molar-refractivity contribution in [2.24, 2.45) is 0 Å². The fourth-order valence-corrected chi connectivity index (χ4v) is 0.462. The number of carbonyl (C=O) groups is 1. The summed E-state index contributed by atoms with van der Waals surface area (Å²) in [7, 11) is 2.92. The average Bonchev–Trinajstić information content (AvgIpc) is 2.16. The second-order valence-electron chi connectivity index (χ2n) is 1.75. The summed E-state index contributed by atoms with van der Waals surface area (Å²) >= 11 is 0. The summed E-state index contributed by atoms with van der Waals surface area (Å²) in [5.74, 6) is -0.374. The molecule has 0 amide bonds. The number of methoxy groups -OCH3 is 1. The summed E-state index contributed by atoms with van der Waals surface area (Å²) in [6.45, 7) is 4.00. The van der Waals surface area contributed by atoms with E-state index in [4.69, 9.17) is 5.26 Å². The second-order valence-corrected chi connectivity index (χ2v) is 1.75. The van der Waals surface area contributed by atoms with Crippen molar-refractivity contribution in [3.63, 3.8) is 0 Å². The first kappa shape index (κ1) is 13.5. The smallest absolute Gasteiger partial charge is 0.308 e. The van der Waals surface area contributed by atoms with Gasteiger partial charge in [-0.25, -0.2) is 0 Å². The van der Waals surface area contributed by atoms with E-state index in [1.165, 1.54) is 7.11 Å². The SMILES string of the molecule is CC.CNC(C#N)CC(=O)OC. The molecular formula is C8H16N2O2. The Morgan fingerprint density at radius 3 is 2.42 bits per heavy atom. The van der Waals surface area contributed by atoms with E-state index in [1.54, 1.807) is 7.05 Å². The van der Waals surface area contributed by atoms with Gasteiger partial charge in [0.05, 0.1) is 19.6 Å². The third-order valence-corrected chi connectivity index (χ3v) is 1.10. The van der Waals surface area contributed by atoms with Gasteiger partial charge in [-0.1, -0.05) is 13.8 Å². The molecule has 0 aromatic carbocycles. The quantitative estimate of drug-likeness (QED) is 0.636. The first-order chi connectivity index (χ1) is 5.74. The minimum atomic E-state index is -0.438. The van der Waals surface area contributed by atoms with E-state index < -0.39 is 6.04 Å². The highest BCUT2D eigenvalue weighted by Crippen LogP contribution is 1.90. The predicted molar refractivity (Wildman–Crippen MR) is 46.4 cm³/mol. The molecular weight excluding hydrogens is 156 g/mol. The molecule has 0 aromatic heterocycles. The van der Waals surface area contributed by atoms with Gasteiger partial charge in [-0.15, -0.1) is 0 Å². The van der Waals surface area contributed by atoms with E-state index in [0.717, 1.165) is 0 Å². The Morgan fingerprint density at radius 2 is 2.17 bits per heavy atom. The van der Waals surface area contributed by atoms with Crippen molar-refractivity contribution in [2.75, 3.05) is 14.2 Å². The van der Waals surface area contributed by atoms with Gasteiger partial charge in [-0.3, -0.25) is 4.79 Å². The molecule has 0 saturated carbocycles. The molecule has 70 valence electrons. The lowest BCUT2D eigenvalue weighted by Crippen LogP contribution is -2.26. The maximum absolute atomic E-state index is 10.5. The van der Waals surface area contributed by atoms with Crippen LogP contribution in [0.3, 0.4) is 0 Å². The highest BCUT2D eigenvalue weighted by molar-refractivity contribution is 5.70. The molecule has 1 N–H and O–H groups in total. The molecule has 0 aromatic rings. The van der Waals surface area contributed by atoms with Crippen LogP contribution in [0.2, 0.25) is 0 Å². The van der Waals surface area contributed by atoms with Crippen molar-refractivity contribution >= 4 is 5.97 Å². The molecule has 4 heteroatoms. The lowest BCUT2D eigenvalue weighted by Gasteiger charge is -2.03. The predicted octanol–water partition coefficient (Wildman–Crippen LogP) is 0.687. The van der Waals surface area contributed by atoms with Gasteiger partial charge in [0.15, 0.2) is 0 Å². The zero-order valence-corrected chi connectivity index (χ0v) is 8.05. The van der Waals surface area contributed by atoms with E-state index in [1.807, 2.05) is 19.9 Å². The first-order valence-corrected chi connectivity index (χ1v) is 3.88. The summed E-state index contributed by atoms with van der Waals surface area (Å²) in [5.41, 5.74) is 0. The van der Waals surface area contributed by atoms with Crippen molar-refractivity contribution in [3.05, 3.63) is 0 Å². The molecule has 1 atom stereocenters. The maximum atomic E-state index is 10.5. The molecule has 1 unspecified atom stereocenters. The van der Waals surface area contributed by atoms with Crippen LogP contribution in [0.1, 0.15) is 20.3 Å². The Labute approximate surface area is 73.5 Å². The molecule has 0 aliphatic carbocycles. The normalized spacial score (nSPS) is 10.2. The van der Waals surface area contributed by atoms with Crippen molar-refractivity contribution < 1.29 is 9.53 Å². The lowest BCUT2D eigenvalue weighted by atomic mass is 10.2. The topological polar surface area (TPSA) is 62.1 Å². The molecule has 0 bridgehead atoms. The lowest BCUT2D eigenvalue weighted by molar-refractivity contribution is -0.140. The largest absolute Gasteiger partial charge is 0.469 e. The number of nitriles is 1. The van der Waals surface area contributed by atoms with Gasteiger partial charge >= 0.3 is 5.97 Å². The molecule has 0 saturated heterocycles. The van der Waals surface area contributed by atoms with Gasteiger partial charge in [0.25, 0.3) is 0 Å². The Kier molecular flexibility index (Phi) is 11.2. The minimum absolute atomic E-state index is 0.101. The molecule has 0 spiro atoms. The summed E-state index contributed by atoms with van der Waals surface area (Å²) in [5, 5.41) is 11.0. The number of esters is 1. The van der Waals surface area contributed by atoms with Gasteiger partial charge in [-0.05, 0) is 7.05 Å². The molecule has 4 nitrogen and oxygen atoms in total. The number of carbonyl (C=O) groups excluding carboxylic acids is 1. The van der Waals surface area contributed by atoms with E-state index in [9.17, 15) is 4.79 Å². The van der Waals surface area contributed by atoms with Gasteiger partial charge in [0.1, 0.15) is 6.04 Å². The fourth-order valence-electron chi connectivity index (χ4n) is 0.462. The number of nitrogens with one attached hydrogen (secondary N) is 1. The number of hydrogen-bond donors (Lipinski definition) is 1. The van der Waals surface area contributed by atoms with Crippen LogP contribution in [0.25, 0.3) is 0 Å². The monoisotopic (exact) mass is 172 g/mol. The molecule has 0 heterocycles. The van der Waals surface area contributed by atoms with E-state index in [0.29, 0.717) is 0 Å². The van der Waals surface area contributed by atoms with Gasteiger partial charge < -0.3 is 10.1 Å². The first-order valence-electron chi connectivity index (χ1n) is 3.88. The summed E-state index contributed by atoms with van der Waals surface area (Å²) in [6.07, 6.45) is 0.101. The molecule has 0 fully saturated rings. The third-order valence-electron chi connectivity index (χ3n) is 1.10. The maximum Gasteiger partial charge on any atom is 0.308 e. The second kappa shape index (κ2) is 9.92. The van der Waals surface area contributed by atoms with Crippen molar-refractivity contribution in [2.45, 2.75) is 26.3 Å². The van der Waals surface area contributed by atoms with Crippen LogP contribution < -0.4 is 5.32 Å². The van der Waals surface area contributed by atoms with Crippen LogP contribution in [-0.2, 0) is 9.53 Å². The highest BCUT2D eigenvalue weighted by Gasteiger charge is 2.09. The van der Waals surface area contributed by atoms with Crippen LogP contribution >= 0.6 is 0 Å². The van der Waals surface area contributed by atoms with Crippen LogP contribution in [0.5, 0.6) is 0 Å². The van der Waals surface area contributed by atoms with Crippen LogP contribution in [0.15, 0.2) is 0 Å². The van der Waals surface area contributed by atoms with Gasteiger partial charge in [0.2, 0.25) is 0 Å². The zero-order chi connectivity index (χ0) is 9.98. The van der Waals surface area contributed by atoms with Crippen molar-refractivity contribution in [1.82, 2.24) is 5.32 Å². The molecule has 0 rings (SSSR count). The zero-order valence-electron chi connectivity index (χ0n) is 8.05. The number of rotatable bonds is 3. The third kappa shape index (κ3) is 7.03. The van der Waals surface area contributed by atoms with Gasteiger partial charge in [-0.2, -0.15) is 5.26 Å². The summed E-state index contributed by atoms with van der Waals surface area (Å²) in [4.78, 5) is 10.5. The summed E-state index contributed by atoms with van der Waals surface area (Å²) < 4.78 is 4.35. The van der Waals surface area contributed by atoms with Crippen LogP contribution in [0, 0.1) is 11.3 Å². The van der Waals surface area contributed by atoms with Crippen molar-refractivity contribution in [1.29, 1.82) is 5.26 Å². The molecule has 0 aliphatic rings. The Morgan fingerprint density at radius 1 is 1.67 bits per heavy atom. The fraction of sp³-hybridized carbons (Fsp3) is 0.750. The number of ether oxygens (including phenoxy) is 1. The standard InChI is InChI=1S/C6H10N2O2.C2H6/c1-8-5(4-7)3-6(9)10-2;1-2/h5,8H,3H2,1-2H3;1-2H3. The molecule has 0 aliphatic heterocycles. The Balaban J connectivity index is 0. The molecule has 0 radical (unpaired) electrons. The van der Waals surface area contributed by atoms with E-state index in [2.05, 4.69) is 10.1 Å². The minimum Gasteiger partial charge on any atom is -0.469 e. The number of hydrogen-bond acceptors (Lipinski definition) is 4. The molecule has 12 heavy (non-hydrogen) atoms. The Hall–Kier alpha value is -1.08. The van der Waals surface area contributed by atoms with E-state index >= 15 is 0 Å².